The third kappa shape index (κ3) is 3.46. The third-order valence-corrected chi connectivity index (χ3v) is 3.31. The van der Waals surface area contributed by atoms with Gasteiger partial charge >= 0.3 is 0 Å². The maximum Gasteiger partial charge on any atom is 0.145 e. The Morgan fingerprint density at radius 3 is 2.60 bits per heavy atom. The lowest BCUT2D eigenvalue weighted by molar-refractivity contribution is 0.472. The normalized spacial score (nSPS) is 12.2. The van der Waals surface area contributed by atoms with E-state index in [0.29, 0.717) is 11.5 Å². The number of benzene rings is 1. The molecular weight excluding hydrogens is 279 g/mol. The summed E-state index contributed by atoms with van der Waals surface area (Å²) in [5.74, 6) is 0.443. The van der Waals surface area contributed by atoms with Crippen LogP contribution in [0.15, 0.2) is 36.5 Å². The van der Waals surface area contributed by atoms with Gasteiger partial charge in [-0.1, -0.05) is 18.5 Å². The number of halogens is 2. The third-order valence-electron chi connectivity index (χ3n) is 3.00. The molecule has 0 saturated carbocycles. The number of ether oxygens (including phenoxy) is 1. The highest BCUT2D eigenvalue weighted by atomic mass is 35.5. The molecule has 2 rings (SSSR count). The molecule has 0 radical (unpaired) electrons. The molecule has 2 aromatic rings. The molecule has 1 heterocycles. The van der Waals surface area contributed by atoms with Crippen LogP contribution in [0.2, 0.25) is 5.02 Å². The summed E-state index contributed by atoms with van der Waals surface area (Å²) >= 11 is 5.62. The molecule has 5 heteroatoms. The zero-order valence-corrected chi connectivity index (χ0v) is 12.1. The minimum atomic E-state index is -0.505. The number of pyridine rings is 1. The van der Waals surface area contributed by atoms with Crippen molar-refractivity contribution in [2.45, 2.75) is 19.4 Å². The van der Waals surface area contributed by atoms with Crippen LogP contribution in [-0.2, 0) is 0 Å². The molecule has 1 aromatic carbocycles. The van der Waals surface area contributed by atoms with E-state index in [1.165, 1.54) is 12.1 Å². The van der Waals surface area contributed by atoms with E-state index in [4.69, 9.17) is 16.3 Å². The molecule has 0 saturated heterocycles. The Morgan fingerprint density at radius 1 is 1.30 bits per heavy atom. The molecule has 0 aliphatic rings. The van der Waals surface area contributed by atoms with Gasteiger partial charge in [0.2, 0.25) is 0 Å². The molecule has 0 spiro atoms. The molecule has 1 N–H and O–H groups in total. The van der Waals surface area contributed by atoms with E-state index < -0.39 is 5.82 Å². The fraction of sp³-hybridized carbons (Fsp3) is 0.267. The first-order valence-corrected chi connectivity index (χ1v) is 6.78. The number of rotatable bonds is 5. The van der Waals surface area contributed by atoms with Crippen LogP contribution in [0.3, 0.4) is 0 Å². The van der Waals surface area contributed by atoms with Gasteiger partial charge in [0.1, 0.15) is 17.3 Å². The lowest BCUT2D eigenvalue weighted by Crippen LogP contribution is -2.16. The van der Waals surface area contributed by atoms with E-state index in [1.54, 1.807) is 12.3 Å². The summed E-state index contributed by atoms with van der Waals surface area (Å²) in [5.41, 5.74) is 0.949. The molecular formula is C15H16ClFN2O. The van der Waals surface area contributed by atoms with Gasteiger partial charge in [0.05, 0.1) is 16.9 Å². The van der Waals surface area contributed by atoms with E-state index in [0.717, 1.165) is 12.1 Å². The van der Waals surface area contributed by atoms with Crippen LogP contribution in [0.5, 0.6) is 11.5 Å². The van der Waals surface area contributed by atoms with Crippen LogP contribution in [-0.4, -0.2) is 12.0 Å². The van der Waals surface area contributed by atoms with E-state index >= 15 is 0 Å². The lowest BCUT2D eigenvalue weighted by atomic mass is 10.1. The van der Waals surface area contributed by atoms with Gasteiger partial charge in [0.15, 0.2) is 0 Å². The van der Waals surface area contributed by atoms with E-state index in [9.17, 15) is 4.39 Å². The summed E-state index contributed by atoms with van der Waals surface area (Å²) in [6.45, 7) is 2.09. The number of nitrogens with zero attached hydrogens (tertiary/aromatic N) is 1. The van der Waals surface area contributed by atoms with Gasteiger partial charge in [-0.25, -0.2) is 4.39 Å². The molecule has 0 aliphatic carbocycles. The van der Waals surface area contributed by atoms with Gasteiger partial charge in [-0.15, -0.1) is 0 Å². The molecule has 20 heavy (non-hydrogen) atoms. The van der Waals surface area contributed by atoms with Crippen molar-refractivity contribution >= 4 is 11.6 Å². The highest BCUT2D eigenvalue weighted by Crippen LogP contribution is 2.25. The molecule has 1 atom stereocenters. The summed E-state index contributed by atoms with van der Waals surface area (Å²) in [6.07, 6.45) is 2.58. The standard InChI is InChI=1S/C15H16ClFN2O/c1-3-14(18-2)15-7-5-11(9-19-15)20-10-4-6-12(16)13(17)8-10/h4-9,14,18H,3H2,1-2H3. The summed E-state index contributed by atoms with van der Waals surface area (Å²) < 4.78 is 18.8. The van der Waals surface area contributed by atoms with Crippen molar-refractivity contribution < 1.29 is 9.13 Å². The number of aromatic nitrogens is 1. The molecule has 1 aromatic heterocycles. The second-order valence-corrected chi connectivity index (χ2v) is 4.75. The van der Waals surface area contributed by atoms with Crippen molar-refractivity contribution in [2.24, 2.45) is 0 Å². The second kappa shape index (κ2) is 6.68. The quantitative estimate of drug-likeness (QED) is 0.891. The van der Waals surface area contributed by atoms with E-state index in [1.807, 2.05) is 19.2 Å². The molecule has 0 amide bonds. The molecule has 3 nitrogen and oxygen atoms in total. The lowest BCUT2D eigenvalue weighted by Gasteiger charge is -2.13. The van der Waals surface area contributed by atoms with Crippen molar-refractivity contribution in [3.8, 4) is 11.5 Å². The summed E-state index contributed by atoms with van der Waals surface area (Å²) in [4.78, 5) is 4.35. The zero-order chi connectivity index (χ0) is 14.5. The largest absolute Gasteiger partial charge is 0.456 e. The topological polar surface area (TPSA) is 34.1 Å². The van der Waals surface area contributed by atoms with Crippen LogP contribution < -0.4 is 10.1 Å². The average molecular weight is 295 g/mol. The van der Waals surface area contributed by atoms with Crippen molar-refractivity contribution in [1.29, 1.82) is 0 Å². The molecule has 0 fully saturated rings. The Hall–Kier alpha value is -1.65. The van der Waals surface area contributed by atoms with Gasteiger partial charge in [0, 0.05) is 12.1 Å². The Balaban J connectivity index is 2.12. The van der Waals surface area contributed by atoms with E-state index in [2.05, 4.69) is 17.2 Å². The second-order valence-electron chi connectivity index (χ2n) is 4.35. The van der Waals surface area contributed by atoms with Crippen molar-refractivity contribution in [3.63, 3.8) is 0 Å². The first-order chi connectivity index (χ1) is 9.63. The molecule has 0 bridgehead atoms. The monoisotopic (exact) mass is 294 g/mol. The number of hydrogen-bond donors (Lipinski definition) is 1. The highest BCUT2D eigenvalue weighted by molar-refractivity contribution is 6.30. The van der Waals surface area contributed by atoms with E-state index in [-0.39, 0.29) is 11.1 Å². The molecule has 0 aliphatic heterocycles. The summed E-state index contributed by atoms with van der Waals surface area (Å²) in [5, 5.41) is 3.26. The van der Waals surface area contributed by atoms with Crippen LogP contribution >= 0.6 is 11.6 Å². The first kappa shape index (κ1) is 14.8. The Kier molecular flexibility index (Phi) is 4.93. The fourth-order valence-corrected chi connectivity index (χ4v) is 2.01. The average Bonchev–Trinajstić information content (AvgIpc) is 2.46. The summed E-state index contributed by atoms with van der Waals surface area (Å²) in [6, 6.07) is 8.25. The van der Waals surface area contributed by atoms with Crippen LogP contribution in [0, 0.1) is 5.82 Å². The predicted molar refractivity (Wildman–Crippen MR) is 77.8 cm³/mol. The highest BCUT2D eigenvalue weighted by Gasteiger charge is 2.08. The predicted octanol–water partition coefficient (Wildman–Crippen LogP) is 4.34. The Bertz CT molecular complexity index is 571. The van der Waals surface area contributed by atoms with Gasteiger partial charge in [-0.3, -0.25) is 4.98 Å². The summed E-state index contributed by atoms with van der Waals surface area (Å²) in [7, 11) is 1.90. The van der Waals surface area contributed by atoms with Crippen LogP contribution in [0.4, 0.5) is 4.39 Å². The number of nitrogens with one attached hydrogen (secondary N) is 1. The maximum absolute atomic E-state index is 13.3. The van der Waals surface area contributed by atoms with Crippen molar-refractivity contribution in [1.82, 2.24) is 10.3 Å². The maximum atomic E-state index is 13.3. The Morgan fingerprint density at radius 2 is 2.05 bits per heavy atom. The smallest absolute Gasteiger partial charge is 0.145 e. The zero-order valence-electron chi connectivity index (χ0n) is 11.4. The first-order valence-electron chi connectivity index (χ1n) is 6.40. The SMILES string of the molecule is CCC(NC)c1ccc(Oc2ccc(Cl)c(F)c2)cn1. The van der Waals surface area contributed by atoms with Crippen LogP contribution in [0.25, 0.3) is 0 Å². The van der Waals surface area contributed by atoms with Gasteiger partial charge < -0.3 is 10.1 Å². The number of hydrogen-bond acceptors (Lipinski definition) is 3. The van der Waals surface area contributed by atoms with Crippen LogP contribution in [0.1, 0.15) is 25.1 Å². The van der Waals surface area contributed by atoms with Gasteiger partial charge in [0.25, 0.3) is 0 Å². The van der Waals surface area contributed by atoms with Gasteiger partial charge in [-0.2, -0.15) is 0 Å². The molecule has 106 valence electrons. The Labute approximate surface area is 122 Å². The van der Waals surface area contributed by atoms with Gasteiger partial charge in [-0.05, 0) is 37.7 Å². The van der Waals surface area contributed by atoms with Crippen molar-refractivity contribution in [3.05, 3.63) is 53.1 Å². The molecule has 1 unspecified atom stereocenters. The minimum Gasteiger partial charge on any atom is -0.456 e. The van der Waals surface area contributed by atoms with Crippen molar-refractivity contribution in [2.75, 3.05) is 7.05 Å². The minimum absolute atomic E-state index is 0.0747. The fourth-order valence-electron chi connectivity index (χ4n) is 1.90.